The van der Waals surface area contributed by atoms with E-state index in [1.54, 1.807) is 0 Å². The van der Waals surface area contributed by atoms with Gasteiger partial charge in [-0.2, -0.15) is 0 Å². The van der Waals surface area contributed by atoms with E-state index in [0.29, 0.717) is 10.8 Å². The highest BCUT2D eigenvalue weighted by Crippen LogP contribution is 2.47. The molecule has 4 aromatic rings. The van der Waals surface area contributed by atoms with Crippen molar-refractivity contribution in [2.45, 2.75) is 38.6 Å². The van der Waals surface area contributed by atoms with Crippen LogP contribution >= 0.6 is 27.3 Å². The quantitative estimate of drug-likeness (QED) is 0.264. The molecule has 172 valence electrons. The maximum atomic E-state index is 12.8. The van der Waals surface area contributed by atoms with Crippen LogP contribution in [0, 0.1) is 5.92 Å². The van der Waals surface area contributed by atoms with Crippen LogP contribution in [0.1, 0.15) is 59.4 Å². The number of halogens is 1. The summed E-state index contributed by atoms with van der Waals surface area (Å²) in [5.41, 5.74) is 5.44. The number of rotatable bonds is 5. The Labute approximate surface area is 205 Å². The topological polar surface area (TPSA) is 53.3 Å². The molecule has 0 amide bonds. The van der Waals surface area contributed by atoms with Gasteiger partial charge in [-0.15, -0.1) is 11.3 Å². The molecule has 3 aromatic heterocycles. The van der Waals surface area contributed by atoms with E-state index in [1.807, 2.05) is 6.20 Å². The molecule has 1 aliphatic heterocycles. The molecule has 1 aliphatic rings. The van der Waals surface area contributed by atoms with Gasteiger partial charge in [0, 0.05) is 29.4 Å². The van der Waals surface area contributed by atoms with E-state index in [9.17, 15) is 4.79 Å². The molecule has 33 heavy (non-hydrogen) atoms. The van der Waals surface area contributed by atoms with Crippen molar-refractivity contribution in [3.63, 3.8) is 0 Å². The Morgan fingerprint density at radius 3 is 2.64 bits per heavy atom. The Morgan fingerprint density at radius 2 is 1.97 bits per heavy atom. The molecule has 1 atom stereocenters. The number of fused-ring (bicyclic) bond motifs is 3. The number of hydrogen-bond acceptors (Lipinski definition) is 5. The second-order valence-electron chi connectivity index (χ2n) is 8.87. The van der Waals surface area contributed by atoms with Crippen LogP contribution in [0.5, 0.6) is 0 Å². The summed E-state index contributed by atoms with van der Waals surface area (Å²) >= 11 is 5.15. The molecule has 1 unspecified atom stereocenters. The fraction of sp³-hybridized carbons (Fsp3) is 0.385. The maximum Gasteiger partial charge on any atom is 0.348 e. The van der Waals surface area contributed by atoms with Gasteiger partial charge in [0.15, 0.2) is 0 Å². The highest BCUT2D eigenvalue weighted by molar-refractivity contribution is 9.10. The largest absolute Gasteiger partial charge is 0.465 e. The summed E-state index contributed by atoms with van der Waals surface area (Å²) in [4.78, 5) is 18.3. The molecule has 1 aromatic carbocycles. The summed E-state index contributed by atoms with van der Waals surface area (Å²) < 4.78 is 15.3. The molecule has 0 saturated carbocycles. The third-order valence-electron chi connectivity index (χ3n) is 6.55. The van der Waals surface area contributed by atoms with Gasteiger partial charge in [-0.3, -0.25) is 4.98 Å². The molecule has 0 spiro atoms. The molecule has 7 heteroatoms. The number of pyridine rings is 1. The van der Waals surface area contributed by atoms with E-state index < -0.39 is 0 Å². The number of carbonyl (C=O) groups excluding carboxylic acids is 1. The fourth-order valence-corrected chi connectivity index (χ4v) is 6.82. The van der Waals surface area contributed by atoms with Crippen LogP contribution in [0.25, 0.3) is 21.3 Å². The predicted octanol–water partition coefficient (Wildman–Crippen LogP) is 6.94. The standard InChI is InChI=1S/C26H27BrN2O3S/c1-15(2)20-23-25(33-24(20)26(30)31-3)21-19(13-18(27)14-28-21)29(23)22(16-7-5-4-6-8-16)17-9-11-32-12-10-17/h4-8,13-15,17,22H,9-12H2,1-3H3. The van der Waals surface area contributed by atoms with Crippen LogP contribution in [0.3, 0.4) is 0 Å². The second kappa shape index (κ2) is 9.20. The summed E-state index contributed by atoms with van der Waals surface area (Å²) in [7, 11) is 1.45. The first-order valence-electron chi connectivity index (χ1n) is 11.3. The zero-order valence-electron chi connectivity index (χ0n) is 19.0. The van der Waals surface area contributed by atoms with Gasteiger partial charge >= 0.3 is 5.97 Å². The van der Waals surface area contributed by atoms with Gasteiger partial charge in [0.05, 0.1) is 28.9 Å². The summed E-state index contributed by atoms with van der Waals surface area (Å²) in [5.74, 6) is 0.296. The van der Waals surface area contributed by atoms with E-state index >= 15 is 0 Å². The van der Waals surface area contributed by atoms with Gasteiger partial charge in [0.1, 0.15) is 10.4 Å². The fourth-order valence-electron chi connectivity index (χ4n) is 5.13. The number of hydrogen-bond donors (Lipinski definition) is 0. The maximum absolute atomic E-state index is 12.8. The second-order valence-corrected chi connectivity index (χ2v) is 10.8. The molecular formula is C26H27BrN2O3S. The zero-order valence-corrected chi connectivity index (χ0v) is 21.4. The number of carbonyl (C=O) groups is 1. The first-order chi connectivity index (χ1) is 16.0. The minimum absolute atomic E-state index is 0.115. The monoisotopic (exact) mass is 526 g/mol. The van der Waals surface area contributed by atoms with E-state index in [0.717, 1.165) is 57.3 Å². The van der Waals surface area contributed by atoms with Crippen molar-refractivity contribution in [1.82, 2.24) is 9.55 Å². The van der Waals surface area contributed by atoms with Crippen molar-refractivity contribution < 1.29 is 14.3 Å². The SMILES string of the molecule is COC(=O)c1sc2c3ncc(Br)cc3n(C(c3ccccc3)C3CCOCC3)c2c1C(C)C. The summed E-state index contributed by atoms with van der Waals surface area (Å²) in [6.07, 6.45) is 3.82. The summed E-state index contributed by atoms with van der Waals surface area (Å²) in [6.45, 7) is 5.83. The third-order valence-corrected chi connectivity index (χ3v) is 8.16. The highest BCUT2D eigenvalue weighted by Gasteiger charge is 2.34. The van der Waals surface area contributed by atoms with Crippen LogP contribution < -0.4 is 0 Å². The lowest BCUT2D eigenvalue weighted by Crippen LogP contribution is -2.27. The van der Waals surface area contributed by atoms with Gasteiger partial charge in [-0.05, 0) is 52.2 Å². The van der Waals surface area contributed by atoms with E-state index in [-0.39, 0.29) is 17.9 Å². The van der Waals surface area contributed by atoms with Gasteiger partial charge in [0.25, 0.3) is 0 Å². The number of benzene rings is 1. The number of aromatic nitrogens is 2. The van der Waals surface area contributed by atoms with Crippen molar-refractivity contribution in [1.29, 1.82) is 0 Å². The van der Waals surface area contributed by atoms with Crippen LogP contribution in [0.2, 0.25) is 0 Å². The number of ether oxygens (including phenoxy) is 2. The molecule has 4 heterocycles. The van der Waals surface area contributed by atoms with E-state index in [4.69, 9.17) is 14.5 Å². The van der Waals surface area contributed by atoms with Crippen LogP contribution in [-0.2, 0) is 9.47 Å². The lowest BCUT2D eigenvalue weighted by molar-refractivity contribution is 0.0552. The zero-order chi connectivity index (χ0) is 23.1. The Balaban J connectivity index is 1.90. The minimum atomic E-state index is -0.279. The van der Waals surface area contributed by atoms with Gasteiger partial charge in [-0.25, -0.2) is 4.79 Å². The van der Waals surface area contributed by atoms with Crippen LogP contribution in [0.4, 0.5) is 0 Å². The molecule has 0 N–H and O–H groups in total. The molecule has 1 fully saturated rings. The van der Waals surface area contributed by atoms with Crippen LogP contribution in [-0.4, -0.2) is 35.8 Å². The lowest BCUT2D eigenvalue weighted by Gasteiger charge is -2.33. The van der Waals surface area contributed by atoms with Gasteiger partial charge in [-0.1, -0.05) is 44.2 Å². The van der Waals surface area contributed by atoms with Crippen molar-refractivity contribution in [3.05, 3.63) is 63.1 Å². The van der Waals surface area contributed by atoms with Crippen molar-refractivity contribution in [3.8, 4) is 0 Å². The minimum Gasteiger partial charge on any atom is -0.465 e. The molecule has 1 saturated heterocycles. The Bertz CT molecular complexity index is 1310. The third kappa shape index (κ3) is 3.90. The number of esters is 1. The molecule has 0 aliphatic carbocycles. The molecular weight excluding hydrogens is 500 g/mol. The molecule has 5 nitrogen and oxygen atoms in total. The van der Waals surface area contributed by atoms with Crippen LogP contribution in [0.15, 0.2) is 47.1 Å². The Hall–Kier alpha value is -2.22. The number of methoxy groups -OCH3 is 1. The van der Waals surface area contributed by atoms with Gasteiger partial charge in [0.2, 0.25) is 0 Å². The van der Waals surface area contributed by atoms with Crippen molar-refractivity contribution in [2.24, 2.45) is 5.92 Å². The first-order valence-corrected chi connectivity index (χ1v) is 12.9. The first kappa shape index (κ1) is 22.6. The normalized spacial score (nSPS) is 16.0. The van der Waals surface area contributed by atoms with Crippen molar-refractivity contribution in [2.75, 3.05) is 20.3 Å². The highest BCUT2D eigenvalue weighted by atomic mass is 79.9. The number of thiophene rings is 1. The Morgan fingerprint density at radius 1 is 1.24 bits per heavy atom. The average Bonchev–Trinajstić information content (AvgIpc) is 3.35. The average molecular weight is 527 g/mol. The Kier molecular flexibility index (Phi) is 6.29. The predicted molar refractivity (Wildman–Crippen MR) is 136 cm³/mol. The number of nitrogens with zero attached hydrogens (tertiary/aromatic N) is 2. The van der Waals surface area contributed by atoms with E-state index in [1.165, 1.54) is 24.0 Å². The summed E-state index contributed by atoms with van der Waals surface area (Å²) in [6, 6.07) is 13.0. The summed E-state index contributed by atoms with van der Waals surface area (Å²) in [5, 5.41) is 0. The molecule has 5 rings (SSSR count). The van der Waals surface area contributed by atoms with Gasteiger partial charge < -0.3 is 14.0 Å². The lowest BCUT2D eigenvalue weighted by atomic mass is 9.86. The smallest absolute Gasteiger partial charge is 0.348 e. The molecule has 0 bridgehead atoms. The van der Waals surface area contributed by atoms with Crippen molar-refractivity contribution >= 4 is 54.5 Å². The molecule has 0 radical (unpaired) electrons. The van der Waals surface area contributed by atoms with E-state index in [2.05, 4.69) is 70.7 Å².